The van der Waals surface area contributed by atoms with Crippen LogP contribution in [0.1, 0.15) is 59.2 Å². The molecule has 9 rings (SSSR count). The quantitative estimate of drug-likeness (QED) is 0.140. The molecule has 5 aliphatic rings. The van der Waals surface area contributed by atoms with Crippen molar-refractivity contribution in [2.24, 2.45) is 4.99 Å². The summed E-state index contributed by atoms with van der Waals surface area (Å²) in [6.45, 7) is 5.33. The zero-order valence-electron chi connectivity index (χ0n) is 34.9. The van der Waals surface area contributed by atoms with Crippen LogP contribution in [0.4, 0.5) is 18.9 Å². The monoisotopic (exact) mass is 938 g/mol. The first-order valence-electron chi connectivity index (χ1n) is 21.3. The Bertz CT molecular complexity index is 2580. The molecular weight excluding hydrogens is 893 g/mol. The number of ether oxygens (including phenoxy) is 3. The van der Waals surface area contributed by atoms with Crippen LogP contribution < -0.4 is 19.1 Å². The second-order valence-corrected chi connectivity index (χ2v) is 19.6. The SMILES string of the molecule is O=C(NS(=O)(=O)c1cnc(OCC2(F)CCN(C3COC3)CC2)c(Cl)c1)c1ccc(N2CCN(CC3=C(c4ccc(Cl)cc4)CCC(F)(F)C3)CC2)cc1Oc1cccc2c1C=NC2. The van der Waals surface area contributed by atoms with Crippen molar-refractivity contribution in [2.45, 2.75) is 61.2 Å². The van der Waals surface area contributed by atoms with Crippen LogP contribution >= 0.6 is 23.2 Å². The average molecular weight is 940 g/mol. The molecule has 338 valence electrons. The van der Waals surface area contributed by atoms with Gasteiger partial charge in [-0.1, -0.05) is 47.5 Å². The van der Waals surface area contributed by atoms with Crippen LogP contribution in [0.25, 0.3) is 5.57 Å². The van der Waals surface area contributed by atoms with Gasteiger partial charge in [0, 0.05) is 87.2 Å². The number of pyridine rings is 1. The second kappa shape index (κ2) is 18.3. The lowest BCUT2D eigenvalue weighted by Gasteiger charge is -2.43. The molecule has 0 unspecified atom stereocenters. The lowest BCUT2D eigenvalue weighted by Crippen LogP contribution is -2.55. The number of carbonyl (C=O) groups is 1. The molecule has 18 heteroatoms. The molecule has 0 atom stereocenters. The van der Waals surface area contributed by atoms with Gasteiger partial charge in [-0.15, -0.1) is 0 Å². The van der Waals surface area contributed by atoms with E-state index in [1.807, 2.05) is 24.3 Å². The van der Waals surface area contributed by atoms with Crippen LogP contribution in [0, 0.1) is 0 Å². The fraction of sp³-hybridized carbons (Fsp3) is 0.413. The fourth-order valence-electron chi connectivity index (χ4n) is 8.84. The third-order valence-electron chi connectivity index (χ3n) is 12.7. The van der Waals surface area contributed by atoms with Crippen molar-refractivity contribution in [3.63, 3.8) is 0 Å². The Morgan fingerprint density at radius 1 is 0.922 bits per heavy atom. The summed E-state index contributed by atoms with van der Waals surface area (Å²) in [5.41, 5.74) is 3.34. The molecule has 1 amide bonds. The van der Waals surface area contributed by atoms with E-state index in [0.717, 1.165) is 45.8 Å². The number of rotatable bonds is 13. The Kier molecular flexibility index (Phi) is 12.7. The van der Waals surface area contributed by atoms with Crippen LogP contribution in [0.3, 0.4) is 0 Å². The smallest absolute Gasteiger partial charge is 0.268 e. The Labute approximate surface area is 380 Å². The highest BCUT2D eigenvalue weighted by Gasteiger charge is 2.40. The second-order valence-electron chi connectivity index (χ2n) is 17.0. The number of aliphatic imine (C=N–C) groups is 1. The Morgan fingerprint density at radius 3 is 2.41 bits per heavy atom. The van der Waals surface area contributed by atoms with Crippen LogP contribution in [0.2, 0.25) is 10.0 Å². The summed E-state index contributed by atoms with van der Waals surface area (Å²) < 4.78 is 91.9. The van der Waals surface area contributed by atoms with E-state index in [1.165, 1.54) is 6.07 Å². The number of nitrogens with one attached hydrogen (secondary N) is 1. The lowest BCUT2D eigenvalue weighted by molar-refractivity contribution is -0.0892. The van der Waals surface area contributed by atoms with Crippen molar-refractivity contribution in [3.8, 4) is 17.4 Å². The topological polar surface area (TPSA) is 126 Å². The van der Waals surface area contributed by atoms with Crippen LogP contribution in [-0.2, 0) is 21.3 Å². The molecule has 0 saturated carbocycles. The lowest BCUT2D eigenvalue weighted by atomic mass is 9.85. The normalized spacial score (nSPS) is 20.2. The number of piperazine rings is 1. The first kappa shape index (κ1) is 44.5. The largest absolute Gasteiger partial charge is 0.473 e. The van der Waals surface area contributed by atoms with Crippen molar-refractivity contribution in [2.75, 3.05) is 70.5 Å². The molecule has 4 aliphatic heterocycles. The molecule has 0 radical (unpaired) electrons. The highest BCUT2D eigenvalue weighted by molar-refractivity contribution is 7.90. The van der Waals surface area contributed by atoms with Gasteiger partial charge in [0.1, 0.15) is 33.7 Å². The van der Waals surface area contributed by atoms with Crippen molar-refractivity contribution in [1.82, 2.24) is 19.5 Å². The van der Waals surface area contributed by atoms with E-state index in [2.05, 4.69) is 29.4 Å². The summed E-state index contributed by atoms with van der Waals surface area (Å²) in [6.07, 6.45) is 3.03. The maximum absolute atomic E-state index is 15.6. The molecule has 4 aromatic rings. The number of allylic oxidation sites excluding steroid dienone is 1. The summed E-state index contributed by atoms with van der Waals surface area (Å²) in [5.74, 6) is -3.31. The van der Waals surface area contributed by atoms with Gasteiger partial charge in [0.2, 0.25) is 5.88 Å². The van der Waals surface area contributed by atoms with E-state index in [4.69, 9.17) is 37.4 Å². The van der Waals surface area contributed by atoms with Crippen LogP contribution in [-0.4, -0.2) is 119 Å². The number of anilines is 1. The van der Waals surface area contributed by atoms with E-state index < -0.39 is 32.4 Å². The van der Waals surface area contributed by atoms with Gasteiger partial charge in [0.05, 0.1) is 37.6 Å². The first-order chi connectivity index (χ1) is 30.7. The third-order valence-corrected chi connectivity index (χ3v) is 14.5. The third kappa shape index (κ3) is 9.92. The minimum absolute atomic E-state index is 0.0541. The van der Waals surface area contributed by atoms with E-state index in [9.17, 15) is 22.0 Å². The van der Waals surface area contributed by atoms with Crippen molar-refractivity contribution in [3.05, 3.63) is 111 Å². The molecule has 1 aromatic heterocycles. The van der Waals surface area contributed by atoms with Crippen molar-refractivity contribution in [1.29, 1.82) is 0 Å². The van der Waals surface area contributed by atoms with E-state index >= 15 is 4.39 Å². The van der Waals surface area contributed by atoms with Gasteiger partial charge in [-0.05, 0) is 77.9 Å². The molecule has 1 N–H and O–H groups in total. The summed E-state index contributed by atoms with van der Waals surface area (Å²) >= 11 is 12.5. The van der Waals surface area contributed by atoms with Gasteiger partial charge >= 0.3 is 0 Å². The average Bonchev–Trinajstić information content (AvgIpc) is 3.74. The highest BCUT2D eigenvalue weighted by Crippen LogP contribution is 2.42. The maximum atomic E-state index is 15.6. The number of benzene rings is 3. The molecule has 64 heavy (non-hydrogen) atoms. The Morgan fingerprint density at radius 2 is 1.69 bits per heavy atom. The number of aromatic nitrogens is 1. The minimum atomic E-state index is -4.53. The number of piperidine rings is 1. The molecule has 3 aromatic carbocycles. The molecular formula is C46H47Cl2F3N6O6S. The number of likely N-dealkylation sites (tertiary alicyclic amines) is 1. The molecule has 1 aliphatic carbocycles. The molecule has 5 heterocycles. The number of halogens is 5. The number of hydrogen-bond acceptors (Lipinski definition) is 11. The van der Waals surface area contributed by atoms with Gasteiger partial charge in [-0.3, -0.25) is 19.6 Å². The number of amides is 1. The predicted molar refractivity (Wildman–Crippen MR) is 239 cm³/mol. The Hall–Kier alpha value is -4.71. The fourth-order valence-corrected chi connectivity index (χ4v) is 10.2. The molecule has 12 nitrogen and oxygen atoms in total. The van der Waals surface area contributed by atoms with Gasteiger partial charge < -0.3 is 19.1 Å². The number of nitrogens with zero attached hydrogens (tertiary/aromatic N) is 5. The van der Waals surface area contributed by atoms with Gasteiger partial charge in [-0.25, -0.2) is 31.3 Å². The number of carbonyl (C=O) groups excluding carboxylic acids is 1. The van der Waals surface area contributed by atoms with Crippen molar-refractivity contribution >= 4 is 56.6 Å². The van der Waals surface area contributed by atoms with Crippen molar-refractivity contribution < 1.29 is 40.6 Å². The zero-order valence-corrected chi connectivity index (χ0v) is 37.2. The number of sulfonamides is 1. The molecule has 0 spiro atoms. The number of fused-ring (bicyclic) bond motifs is 1. The number of alkyl halides is 3. The van der Waals surface area contributed by atoms with Gasteiger partial charge in [0.15, 0.2) is 0 Å². The maximum Gasteiger partial charge on any atom is 0.268 e. The Balaban J connectivity index is 0.891. The molecule has 0 bridgehead atoms. The van der Waals surface area contributed by atoms with E-state index in [-0.39, 0.29) is 60.9 Å². The van der Waals surface area contributed by atoms with Crippen LogP contribution in [0.5, 0.6) is 17.4 Å². The van der Waals surface area contributed by atoms with Gasteiger partial charge in [0.25, 0.3) is 21.9 Å². The van der Waals surface area contributed by atoms with Crippen LogP contribution in [0.15, 0.2) is 88.4 Å². The zero-order chi connectivity index (χ0) is 44.6. The standard InChI is InChI=1S/C46H47Cl2F3N6O6S/c47-33-6-4-30(5-7-33)37-10-11-46(50,51)22-32(37)26-55-16-18-57(19-17-55)34-8-9-38(42(20-34)63-41-3-1-2-31-23-52-25-39(31)41)43(58)54-64(59,60)36-21-40(48)44(53-24-36)62-29-45(49)12-14-56(15-13-45)35-27-61-28-35/h1-9,20-21,24-25,35H,10-19,22-23,26-29H2,(H,54,58). The summed E-state index contributed by atoms with van der Waals surface area (Å²) in [5, 5.41) is 0.427. The molecule has 3 saturated heterocycles. The van der Waals surface area contributed by atoms with E-state index in [0.29, 0.717) is 82.4 Å². The summed E-state index contributed by atoms with van der Waals surface area (Å²) in [6, 6.07) is 19.2. The number of hydrogen-bond donors (Lipinski definition) is 1. The summed E-state index contributed by atoms with van der Waals surface area (Å²) in [7, 11) is -4.53. The molecule has 3 fully saturated rings. The minimum Gasteiger partial charge on any atom is -0.473 e. The summed E-state index contributed by atoms with van der Waals surface area (Å²) in [4.78, 5) is 28.5. The van der Waals surface area contributed by atoms with E-state index in [1.54, 1.807) is 36.5 Å². The first-order valence-corrected chi connectivity index (χ1v) is 23.6. The predicted octanol–water partition coefficient (Wildman–Crippen LogP) is 8.21. The van der Waals surface area contributed by atoms with Gasteiger partial charge in [-0.2, -0.15) is 0 Å². The highest BCUT2D eigenvalue weighted by atomic mass is 35.5.